The predicted octanol–water partition coefficient (Wildman–Crippen LogP) is 0.274. The number of hydrogen-bond donors (Lipinski definition) is 4. The lowest BCUT2D eigenvalue weighted by Gasteiger charge is -2.12. The smallest absolute Gasteiger partial charge is 0.470 e. The summed E-state index contributed by atoms with van der Waals surface area (Å²) in [5.74, 6) is -1.32. The van der Waals surface area contributed by atoms with E-state index < -0.39 is 19.4 Å². The first kappa shape index (κ1) is 15.6. The molecule has 0 aromatic carbocycles. The van der Waals surface area contributed by atoms with Crippen molar-refractivity contribution < 1.29 is 34.5 Å². The van der Waals surface area contributed by atoms with E-state index in [9.17, 15) is 9.36 Å². The van der Waals surface area contributed by atoms with Gasteiger partial charge in [0.25, 0.3) is 0 Å². The van der Waals surface area contributed by atoms with Crippen molar-refractivity contribution >= 4 is 13.8 Å². The molecular formula is C10H21NO6P+. The summed E-state index contributed by atoms with van der Waals surface area (Å²) >= 11 is 0. The summed E-state index contributed by atoms with van der Waals surface area (Å²) in [6.07, 6.45) is 7.37. The molecule has 0 saturated heterocycles. The highest BCUT2D eigenvalue weighted by Crippen LogP contribution is 2.52. The number of rotatable bonds is 3. The summed E-state index contributed by atoms with van der Waals surface area (Å²) in [5, 5.41) is 8.40. The molecule has 106 valence electrons. The quantitative estimate of drug-likeness (QED) is 0.549. The summed E-state index contributed by atoms with van der Waals surface area (Å²) in [6.45, 7) is 0. The molecule has 0 unspecified atom stereocenters. The van der Waals surface area contributed by atoms with Crippen LogP contribution in [0.4, 0.5) is 0 Å². The average Bonchev–Trinajstić information content (AvgIpc) is 2.98. The monoisotopic (exact) mass is 282 g/mol. The van der Waals surface area contributed by atoms with Gasteiger partial charge in [0.15, 0.2) is 5.60 Å². The van der Waals surface area contributed by atoms with Gasteiger partial charge in [0, 0.05) is 0 Å². The number of quaternary nitrogens is 1. The first-order chi connectivity index (χ1) is 8.25. The van der Waals surface area contributed by atoms with Crippen molar-refractivity contribution in [2.24, 2.45) is 0 Å². The Balaban J connectivity index is 0.000000199. The molecule has 0 atom stereocenters. The van der Waals surface area contributed by atoms with E-state index in [2.05, 4.69) is 10.3 Å². The fraction of sp³-hybridized carbons (Fsp3) is 0.900. The van der Waals surface area contributed by atoms with Gasteiger partial charge in [-0.15, -0.1) is 0 Å². The molecule has 18 heavy (non-hydrogen) atoms. The lowest BCUT2D eigenvalue weighted by atomic mass is 9.97. The Labute approximate surface area is 106 Å². The van der Waals surface area contributed by atoms with E-state index in [0.29, 0.717) is 0 Å². The van der Waals surface area contributed by atoms with E-state index in [1.165, 1.54) is 32.1 Å². The van der Waals surface area contributed by atoms with Gasteiger partial charge in [-0.25, -0.2) is 9.36 Å². The van der Waals surface area contributed by atoms with Crippen LogP contribution in [0, 0.1) is 0 Å². The molecule has 6 N–H and O–H groups in total. The average molecular weight is 282 g/mol. The molecule has 7 nitrogen and oxygen atoms in total. The fourth-order valence-electron chi connectivity index (χ4n) is 1.87. The Morgan fingerprint density at radius 1 is 1.22 bits per heavy atom. The lowest BCUT2D eigenvalue weighted by molar-refractivity contribution is -0.425. The van der Waals surface area contributed by atoms with Gasteiger partial charge in [-0.05, 0) is 38.5 Å². The number of hydrogen-bond acceptors (Lipinski definition) is 3. The van der Waals surface area contributed by atoms with Crippen LogP contribution in [-0.2, 0) is 13.9 Å². The Bertz CT molecular complexity index is 331. The minimum Gasteiger partial charge on any atom is -0.479 e. The van der Waals surface area contributed by atoms with Crippen LogP contribution in [0.5, 0.6) is 0 Å². The van der Waals surface area contributed by atoms with Crippen LogP contribution in [0.25, 0.3) is 0 Å². The van der Waals surface area contributed by atoms with Crippen molar-refractivity contribution in [1.29, 1.82) is 0 Å². The predicted molar refractivity (Wildman–Crippen MR) is 62.5 cm³/mol. The van der Waals surface area contributed by atoms with Crippen LogP contribution >= 0.6 is 7.82 Å². The molecular weight excluding hydrogens is 261 g/mol. The number of carbonyl (C=O) groups is 1. The van der Waals surface area contributed by atoms with Gasteiger partial charge < -0.3 is 20.6 Å². The second-order valence-electron chi connectivity index (χ2n) is 4.89. The van der Waals surface area contributed by atoms with E-state index in [-0.39, 0.29) is 12.8 Å². The van der Waals surface area contributed by atoms with Crippen molar-refractivity contribution in [2.75, 3.05) is 0 Å². The third-order valence-corrected chi connectivity index (χ3v) is 3.70. The van der Waals surface area contributed by atoms with E-state index in [1.807, 2.05) is 0 Å². The van der Waals surface area contributed by atoms with Crippen LogP contribution in [0.2, 0.25) is 0 Å². The number of aliphatic carboxylic acids is 1. The van der Waals surface area contributed by atoms with Crippen LogP contribution < -0.4 is 5.73 Å². The van der Waals surface area contributed by atoms with E-state index in [1.54, 1.807) is 0 Å². The molecule has 0 spiro atoms. The zero-order chi connectivity index (χ0) is 13.8. The highest BCUT2D eigenvalue weighted by atomic mass is 31.2. The number of phosphoric ester groups is 1. The fourth-order valence-corrected chi connectivity index (χ4v) is 2.59. The number of carboxylic acids is 1. The first-order valence-corrected chi connectivity index (χ1v) is 7.61. The molecule has 2 aliphatic rings. The summed E-state index contributed by atoms with van der Waals surface area (Å²) in [7, 11) is -4.66. The van der Waals surface area contributed by atoms with Crippen molar-refractivity contribution in [2.45, 2.75) is 56.6 Å². The van der Waals surface area contributed by atoms with E-state index in [4.69, 9.17) is 14.9 Å². The molecule has 0 radical (unpaired) electrons. The SMILES string of the molecule is O=C(O)C1(OP(=O)(O)O)CC1.[NH3+]C1CCCCC1. The maximum atomic E-state index is 10.3. The lowest BCUT2D eigenvalue weighted by Crippen LogP contribution is -2.61. The Kier molecular flexibility index (Phi) is 5.31. The van der Waals surface area contributed by atoms with Crippen molar-refractivity contribution in [1.82, 2.24) is 0 Å². The molecule has 0 amide bonds. The minimum atomic E-state index is -4.66. The Morgan fingerprint density at radius 3 is 1.89 bits per heavy atom. The molecule has 0 aliphatic heterocycles. The van der Waals surface area contributed by atoms with E-state index >= 15 is 0 Å². The van der Waals surface area contributed by atoms with Gasteiger partial charge >= 0.3 is 13.8 Å². The molecule has 2 saturated carbocycles. The van der Waals surface area contributed by atoms with Crippen LogP contribution in [0.1, 0.15) is 44.9 Å². The van der Waals surface area contributed by atoms with Gasteiger partial charge in [0.2, 0.25) is 0 Å². The number of carboxylic acid groups (broad SMARTS) is 1. The third-order valence-electron chi connectivity index (χ3n) is 3.11. The largest absolute Gasteiger partial charge is 0.479 e. The van der Waals surface area contributed by atoms with Crippen LogP contribution in [-0.4, -0.2) is 32.5 Å². The number of phosphoric acid groups is 1. The Hall–Kier alpha value is -0.460. The second kappa shape index (κ2) is 6.12. The molecule has 2 rings (SSSR count). The van der Waals surface area contributed by atoms with Gasteiger partial charge in [0.05, 0.1) is 6.04 Å². The molecule has 2 fully saturated rings. The normalized spacial score (nSPS) is 22.8. The minimum absolute atomic E-state index is 0.160. The zero-order valence-corrected chi connectivity index (χ0v) is 11.1. The maximum absolute atomic E-state index is 10.3. The van der Waals surface area contributed by atoms with Crippen LogP contribution in [0.3, 0.4) is 0 Å². The summed E-state index contributed by atoms with van der Waals surface area (Å²) in [6, 6.07) is 0.786. The highest BCUT2D eigenvalue weighted by Gasteiger charge is 2.55. The van der Waals surface area contributed by atoms with Crippen molar-refractivity contribution in [3.63, 3.8) is 0 Å². The molecule has 0 aromatic rings. The molecule has 8 heteroatoms. The maximum Gasteiger partial charge on any atom is 0.470 e. The summed E-state index contributed by atoms with van der Waals surface area (Å²) in [4.78, 5) is 26.8. The summed E-state index contributed by atoms with van der Waals surface area (Å²) < 4.78 is 14.3. The standard InChI is InChI=1S/C6H13N.C4H7O6P/c7-6-4-2-1-3-5-6;5-3(6)4(1-2-4)10-11(7,8)9/h6H,1-5,7H2;1-2H2,(H,5,6)(H2,7,8,9)/p+1. The molecule has 0 aromatic heterocycles. The van der Waals surface area contributed by atoms with Gasteiger partial charge in [-0.1, -0.05) is 6.42 Å². The highest BCUT2D eigenvalue weighted by molar-refractivity contribution is 7.46. The van der Waals surface area contributed by atoms with Gasteiger partial charge in [-0.3, -0.25) is 4.52 Å². The zero-order valence-electron chi connectivity index (χ0n) is 10.2. The molecule has 2 aliphatic carbocycles. The molecule has 0 heterocycles. The second-order valence-corrected chi connectivity index (χ2v) is 6.05. The third kappa shape index (κ3) is 5.46. The summed E-state index contributed by atoms with van der Waals surface area (Å²) in [5.41, 5.74) is 2.39. The van der Waals surface area contributed by atoms with Gasteiger partial charge in [-0.2, -0.15) is 0 Å². The van der Waals surface area contributed by atoms with E-state index in [0.717, 1.165) is 6.04 Å². The molecule has 0 bridgehead atoms. The van der Waals surface area contributed by atoms with Gasteiger partial charge in [0.1, 0.15) is 0 Å². The first-order valence-electron chi connectivity index (χ1n) is 6.08. The topological polar surface area (TPSA) is 132 Å². The van der Waals surface area contributed by atoms with Crippen LogP contribution in [0.15, 0.2) is 0 Å². The van der Waals surface area contributed by atoms with Crippen molar-refractivity contribution in [3.8, 4) is 0 Å². The van der Waals surface area contributed by atoms with Crippen molar-refractivity contribution in [3.05, 3.63) is 0 Å². The Morgan fingerprint density at radius 2 is 1.72 bits per heavy atom.